The maximum absolute atomic E-state index is 13.8. The summed E-state index contributed by atoms with van der Waals surface area (Å²) in [5.74, 6) is -8.61. The molecule has 5 aliphatic rings. The van der Waals surface area contributed by atoms with Gasteiger partial charge in [0.1, 0.15) is 18.1 Å². The second-order valence-electron chi connectivity index (χ2n) is 13.3. The summed E-state index contributed by atoms with van der Waals surface area (Å²) in [6.45, 7) is 4.95. The van der Waals surface area contributed by atoms with E-state index in [1.54, 1.807) is 5.32 Å². The summed E-state index contributed by atoms with van der Waals surface area (Å²) < 4.78 is 67.0. The van der Waals surface area contributed by atoms with Crippen LogP contribution in [0, 0.1) is 39.9 Å². The maximum Gasteiger partial charge on any atom is 0.471 e. The number of amides is 4. The third-order valence-electron chi connectivity index (χ3n) is 9.80. The number of alkyl halides is 5. The van der Waals surface area contributed by atoms with Gasteiger partial charge < -0.3 is 20.9 Å². The molecule has 2 aliphatic heterocycles. The maximum atomic E-state index is 13.8. The summed E-state index contributed by atoms with van der Waals surface area (Å²) in [6.07, 6.45) is -4.84. The van der Waals surface area contributed by atoms with Crippen molar-refractivity contribution in [3.8, 4) is 6.07 Å². The number of nitrogens with zero attached hydrogens (tertiary/aromatic N) is 2. The van der Waals surface area contributed by atoms with Crippen LogP contribution in [-0.2, 0) is 19.2 Å². The van der Waals surface area contributed by atoms with Crippen molar-refractivity contribution in [3.05, 3.63) is 0 Å². The van der Waals surface area contributed by atoms with Gasteiger partial charge in [-0.3, -0.25) is 19.2 Å². The lowest BCUT2D eigenvalue weighted by Gasteiger charge is -2.50. The SMILES string of the molecule is CC1(C(NC(=O)C(F)(F)F)C(=O)N2CC3C(C2C(=O)NC(C#N)CC2CC4(CC4)NC2=O)C3(C)C)CC(F)(F)C1. The molecule has 0 radical (unpaired) electrons. The first-order valence-corrected chi connectivity index (χ1v) is 13.4. The van der Waals surface area contributed by atoms with Crippen molar-refractivity contribution < 1.29 is 41.1 Å². The molecule has 4 amide bonds. The molecule has 3 saturated carbocycles. The third-order valence-corrected chi connectivity index (χ3v) is 9.80. The molecular formula is C26H32F5N5O4. The van der Waals surface area contributed by atoms with Crippen molar-refractivity contribution in [2.45, 2.75) is 95.1 Å². The number of likely N-dealkylation sites (tertiary alicyclic amines) is 1. The molecule has 3 N–H and O–H groups in total. The van der Waals surface area contributed by atoms with Gasteiger partial charge >= 0.3 is 12.1 Å². The molecule has 220 valence electrons. The lowest BCUT2D eigenvalue weighted by molar-refractivity contribution is -0.189. The van der Waals surface area contributed by atoms with Gasteiger partial charge in [-0.1, -0.05) is 20.8 Å². The van der Waals surface area contributed by atoms with E-state index in [9.17, 15) is 46.4 Å². The van der Waals surface area contributed by atoms with Gasteiger partial charge in [0, 0.05) is 36.3 Å². The average Bonchev–Trinajstić information content (AvgIpc) is 3.53. The smallest absolute Gasteiger partial charge is 0.350 e. The van der Waals surface area contributed by atoms with Crippen molar-refractivity contribution in [2.24, 2.45) is 28.6 Å². The molecule has 5 fully saturated rings. The number of nitriles is 1. The van der Waals surface area contributed by atoms with E-state index in [2.05, 4.69) is 10.6 Å². The van der Waals surface area contributed by atoms with Crippen LogP contribution in [0.5, 0.6) is 0 Å². The topological polar surface area (TPSA) is 131 Å². The first-order valence-electron chi connectivity index (χ1n) is 13.4. The summed E-state index contributed by atoms with van der Waals surface area (Å²) in [5.41, 5.74) is -2.27. The van der Waals surface area contributed by atoms with E-state index >= 15 is 0 Å². The molecule has 40 heavy (non-hydrogen) atoms. The minimum absolute atomic E-state index is 0.00970. The highest BCUT2D eigenvalue weighted by atomic mass is 19.4. The Hall–Kier alpha value is -2.98. The standard InChI is InChI=1S/C26H32F5N5O4/c1-22(2)14-9-36(20(39)17(34-21(40)26(29,30)31)23(3)10-25(27,28)11-23)16(15(14)22)19(38)33-13(8-32)6-12-7-24(4-5-24)35-18(12)37/h12-17H,4-7,9-11H2,1-3H3,(H,33,38)(H,34,40)(H,35,37). The second kappa shape index (κ2) is 8.76. The quantitative estimate of drug-likeness (QED) is 0.401. The molecule has 2 saturated heterocycles. The Labute approximate surface area is 227 Å². The van der Waals surface area contributed by atoms with Gasteiger partial charge in [0.2, 0.25) is 23.6 Å². The van der Waals surface area contributed by atoms with E-state index in [1.165, 1.54) is 6.92 Å². The van der Waals surface area contributed by atoms with E-state index in [0.29, 0.717) is 6.42 Å². The largest absolute Gasteiger partial charge is 0.471 e. The Kier molecular flexibility index (Phi) is 6.25. The number of fused-ring (bicyclic) bond motifs is 1. The molecule has 6 atom stereocenters. The first kappa shape index (κ1) is 28.5. The minimum atomic E-state index is -5.35. The third kappa shape index (κ3) is 4.79. The molecule has 0 aromatic carbocycles. The zero-order valence-electron chi connectivity index (χ0n) is 22.3. The van der Waals surface area contributed by atoms with Gasteiger partial charge in [0.25, 0.3) is 0 Å². The number of hydrogen-bond acceptors (Lipinski definition) is 5. The fraction of sp³-hybridized carbons (Fsp3) is 0.808. The molecule has 9 nitrogen and oxygen atoms in total. The molecule has 0 bridgehead atoms. The molecule has 6 unspecified atom stereocenters. The van der Waals surface area contributed by atoms with Gasteiger partial charge in [0.15, 0.2) is 0 Å². The molecule has 1 spiro atoms. The first-order chi connectivity index (χ1) is 18.3. The Morgan fingerprint density at radius 1 is 1.15 bits per heavy atom. The molecular weight excluding hydrogens is 541 g/mol. The molecule has 5 rings (SSSR count). The number of hydrogen-bond donors (Lipinski definition) is 3. The number of nitrogens with one attached hydrogen (secondary N) is 3. The van der Waals surface area contributed by atoms with Crippen LogP contribution in [-0.4, -0.2) is 70.8 Å². The summed E-state index contributed by atoms with van der Waals surface area (Å²) in [7, 11) is 0. The van der Waals surface area contributed by atoms with Gasteiger partial charge in [-0.15, -0.1) is 0 Å². The number of piperidine rings is 1. The lowest BCUT2D eigenvalue weighted by Crippen LogP contribution is -2.66. The normalized spacial score (nSPS) is 33.1. The molecule has 0 aromatic heterocycles. The van der Waals surface area contributed by atoms with E-state index in [0.717, 1.165) is 17.7 Å². The molecule has 3 aliphatic carbocycles. The monoisotopic (exact) mass is 573 g/mol. The highest BCUT2D eigenvalue weighted by Gasteiger charge is 2.71. The fourth-order valence-corrected chi connectivity index (χ4v) is 7.39. The number of halogens is 5. The minimum Gasteiger partial charge on any atom is -0.350 e. The summed E-state index contributed by atoms with van der Waals surface area (Å²) >= 11 is 0. The van der Waals surface area contributed by atoms with Crippen LogP contribution in [0.3, 0.4) is 0 Å². The van der Waals surface area contributed by atoms with E-state index in [-0.39, 0.29) is 41.7 Å². The van der Waals surface area contributed by atoms with Gasteiger partial charge in [-0.05, 0) is 42.9 Å². The number of carbonyl (C=O) groups is 4. The van der Waals surface area contributed by atoms with Gasteiger partial charge in [-0.25, -0.2) is 8.78 Å². The van der Waals surface area contributed by atoms with E-state index in [1.807, 2.05) is 19.9 Å². The van der Waals surface area contributed by atoms with Crippen molar-refractivity contribution in [1.29, 1.82) is 5.26 Å². The van der Waals surface area contributed by atoms with Crippen LogP contribution in [0.1, 0.15) is 59.3 Å². The second-order valence-corrected chi connectivity index (χ2v) is 13.3. The molecule has 0 aromatic rings. The van der Waals surface area contributed by atoms with Crippen LogP contribution in [0.4, 0.5) is 22.0 Å². The summed E-state index contributed by atoms with van der Waals surface area (Å²) in [4.78, 5) is 52.5. The average molecular weight is 574 g/mol. The van der Waals surface area contributed by atoms with Gasteiger partial charge in [0.05, 0.1) is 6.07 Å². The van der Waals surface area contributed by atoms with Crippen molar-refractivity contribution in [1.82, 2.24) is 20.9 Å². The van der Waals surface area contributed by atoms with Crippen LogP contribution >= 0.6 is 0 Å². The predicted octanol–water partition coefficient (Wildman–Crippen LogP) is 2.02. The Bertz CT molecular complexity index is 1180. The van der Waals surface area contributed by atoms with Crippen LogP contribution in [0.2, 0.25) is 0 Å². The van der Waals surface area contributed by atoms with E-state index < -0.39 is 72.1 Å². The lowest BCUT2D eigenvalue weighted by atomic mass is 9.62. The predicted molar refractivity (Wildman–Crippen MR) is 127 cm³/mol. The van der Waals surface area contributed by atoms with Crippen molar-refractivity contribution >= 4 is 23.6 Å². The number of rotatable bonds is 7. The zero-order valence-corrected chi connectivity index (χ0v) is 22.3. The van der Waals surface area contributed by atoms with Crippen molar-refractivity contribution in [3.63, 3.8) is 0 Å². The highest BCUT2D eigenvalue weighted by Crippen LogP contribution is 2.65. The highest BCUT2D eigenvalue weighted by molar-refractivity contribution is 5.95. The Morgan fingerprint density at radius 3 is 2.27 bits per heavy atom. The Balaban J connectivity index is 1.35. The fourth-order valence-electron chi connectivity index (χ4n) is 7.39. The van der Waals surface area contributed by atoms with Crippen LogP contribution < -0.4 is 16.0 Å². The Morgan fingerprint density at radius 2 is 1.77 bits per heavy atom. The molecule has 14 heteroatoms. The van der Waals surface area contributed by atoms with Crippen molar-refractivity contribution in [2.75, 3.05) is 6.54 Å². The van der Waals surface area contributed by atoms with Gasteiger partial charge in [-0.2, -0.15) is 18.4 Å². The molecule has 2 heterocycles. The zero-order chi connectivity index (χ0) is 29.6. The summed E-state index contributed by atoms with van der Waals surface area (Å²) in [6, 6.07) is -2.18. The van der Waals surface area contributed by atoms with Crippen LogP contribution in [0.25, 0.3) is 0 Å². The summed E-state index contributed by atoms with van der Waals surface area (Å²) in [5, 5.41) is 16.9. The van der Waals surface area contributed by atoms with E-state index in [4.69, 9.17) is 0 Å². The number of carbonyl (C=O) groups excluding carboxylic acids is 4. The van der Waals surface area contributed by atoms with Crippen LogP contribution in [0.15, 0.2) is 0 Å².